The first-order valence-corrected chi connectivity index (χ1v) is 18.8. The Hall–Kier alpha value is -7.10. The van der Waals surface area contributed by atoms with Crippen molar-refractivity contribution in [3.63, 3.8) is 0 Å². The zero-order valence-corrected chi connectivity index (χ0v) is 32.7. The summed E-state index contributed by atoms with van der Waals surface area (Å²) >= 11 is 0. The molecule has 9 aromatic rings. The van der Waals surface area contributed by atoms with Crippen LogP contribution in [0.25, 0.3) is 66.8 Å². The molecule has 9 rings (SSSR count). The van der Waals surface area contributed by atoms with E-state index in [4.69, 9.17) is 0 Å². The van der Waals surface area contributed by atoms with Gasteiger partial charge in [-0.2, -0.15) is 0 Å². The second-order valence-electron chi connectivity index (χ2n) is 13.2. The van der Waals surface area contributed by atoms with Crippen molar-refractivity contribution in [2.75, 3.05) is 0 Å². The monoisotopic (exact) mass is 791 g/mol. The zero-order chi connectivity index (χ0) is 39.2. The van der Waals surface area contributed by atoms with Gasteiger partial charge in [0.05, 0.1) is 0 Å². The molecule has 1 radical (unpaired) electrons. The van der Waals surface area contributed by atoms with Gasteiger partial charge in [0.15, 0.2) is 0 Å². The second-order valence-corrected chi connectivity index (χ2v) is 13.2. The van der Waals surface area contributed by atoms with Crippen LogP contribution in [-0.2, 0) is 17.1 Å². The maximum absolute atomic E-state index is 12.6. The van der Waals surface area contributed by atoms with Crippen LogP contribution in [0.5, 0.6) is 17.2 Å². The van der Waals surface area contributed by atoms with E-state index in [1.54, 1.807) is 0 Å². The number of benzene rings is 9. The Bertz CT molecular complexity index is 2150. The van der Waals surface area contributed by atoms with Crippen molar-refractivity contribution in [1.82, 2.24) is 0 Å². The van der Waals surface area contributed by atoms with Gasteiger partial charge in [-0.05, 0) is 66.8 Å². The van der Waals surface area contributed by atoms with Crippen LogP contribution in [0.3, 0.4) is 0 Å². The molecule has 0 aromatic heterocycles. The van der Waals surface area contributed by atoms with Crippen molar-refractivity contribution in [3.05, 3.63) is 237 Å². The largest absolute Gasteiger partial charge is 3.00 e. The zero-order valence-electron chi connectivity index (χ0n) is 31.6. The normalized spacial score (nSPS) is 10.1. The Labute approximate surface area is 351 Å². The summed E-state index contributed by atoms with van der Waals surface area (Å²) in [5.74, 6) is 0.250. The second kappa shape index (κ2) is 20.2. The van der Waals surface area contributed by atoms with Crippen LogP contribution in [0.15, 0.2) is 237 Å². The van der Waals surface area contributed by atoms with E-state index in [0.717, 1.165) is 66.8 Å². The van der Waals surface area contributed by atoms with Gasteiger partial charge in [0.1, 0.15) is 0 Å². The molecule has 3 nitrogen and oxygen atoms in total. The van der Waals surface area contributed by atoms with E-state index in [1.807, 2.05) is 237 Å². The molecule has 58 heavy (non-hydrogen) atoms. The summed E-state index contributed by atoms with van der Waals surface area (Å²) in [6.07, 6.45) is 0. The molecule has 0 fully saturated rings. The van der Waals surface area contributed by atoms with Crippen LogP contribution in [-0.4, -0.2) is 0 Å². The fourth-order valence-corrected chi connectivity index (χ4v) is 6.68. The van der Waals surface area contributed by atoms with E-state index in [-0.39, 0.29) is 34.3 Å². The standard InChI is InChI=1S/3C18H14O.Fe/c3*19-18-16(14-8-3-1-4-9-14)12-7-13-17(18)15-10-5-2-6-11-15;/h3*1-13,19H;/q;;;+3/p-3. The number of para-hydroxylation sites is 3. The first-order chi connectivity index (χ1) is 28.1. The van der Waals surface area contributed by atoms with Crippen molar-refractivity contribution in [1.29, 1.82) is 0 Å². The summed E-state index contributed by atoms with van der Waals surface area (Å²) in [6, 6.07) is 75.8. The fourth-order valence-electron chi connectivity index (χ4n) is 6.68. The fraction of sp³-hybridized carbons (Fsp3) is 0. The molecule has 0 unspecified atom stereocenters. The molecule has 0 aliphatic carbocycles. The van der Waals surface area contributed by atoms with Crippen LogP contribution >= 0.6 is 0 Å². The van der Waals surface area contributed by atoms with Gasteiger partial charge in [0.2, 0.25) is 0 Å². The Morgan fingerprint density at radius 2 is 0.310 bits per heavy atom. The van der Waals surface area contributed by atoms with Gasteiger partial charge in [-0.1, -0.05) is 254 Å². The molecule has 0 N–H and O–H groups in total. The van der Waals surface area contributed by atoms with Gasteiger partial charge >= 0.3 is 17.1 Å². The molecule has 0 aliphatic rings. The number of hydrogen-bond donors (Lipinski definition) is 0. The number of hydrogen-bond acceptors (Lipinski definition) is 3. The van der Waals surface area contributed by atoms with Crippen LogP contribution in [0.1, 0.15) is 0 Å². The van der Waals surface area contributed by atoms with E-state index in [0.29, 0.717) is 0 Å². The summed E-state index contributed by atoms with van der Waals surface area (Å²) in [4.78, 5) is 0. The molecule has 9 aromatic carbocycles. The molecular formula is C54H39FeO3. The third-order valence-corrected chi connectivity index (χ3v) is 9.55. The molecule has 0 saturated heterocycles. The summed E-state index contributed by atoms with van der Waals surface area (Å²) in [7, 11) is 0. The summed E-state index contributed by atoms with van der Waals surface area (Å²) < 4.78 is 0. The van der Waals surface area contributed by atoms with Crippen molar-refractivity contribution in [3.8, 4) is 84.0 Å². The number of rotatable bonds is 6. The van der Waals surface area contributed by atoms with Crippen LogP contribution < -0.4 is 15.3 Å². The van der Waals surface area contributed by atoms with Crippen LogP contribution in [0, 0.1) is 0 Å². The molecule has 0 heterocycles. The molecule has 281 valence electrons. The van der Waals surface area contributed by atoms with E-state index >= 15 is 0 Å². The molecule has 0 saturated carbocycles. The summed E-state index contributed by atoms with van der Waals surface area (Å²) in [5, 5.41) is 37.7. The maximum atomic E-state index is 12.6. The van der Waals surface area contributed by atoms with Gasteiger partial charge in [-0.15, -0.1) is 0 Å². The van der Waals surface area contributed by atoms with Gasteiger partial charge in [0, 0.05) is 0 Å². The molecular weight excluding hydrogens is 752 g/mol. The van der Waals surface area contributed by atoms with Crippen molar-refractivity contribution >= 4 is 0 Å². The Kier molecular flexibility index (Phi) is 14.1. The Balaban J connectivity index is 0.000000145. The smallest absolute Gasteiger partial charge is 0.872 e. The van der Waals surface area contributed by atoms with E-state index in [1.165, 1.54) is 0 Å². The molecule has 0 atom stereocenters. The third kappa shape index (κ3) is 9.82. The first-order valence-electron chi connectivity index (χ1n) is 18.8. The first kappa shape index (κ1) is 40.6. The third-order valence-electron chi connectivity index (χ3n) is 9.55. The average Bonchev–Trinajstić information content (AvgIpc) is 3.29. The molecule has 4 heteroatoms. The molecule has 0 bridgehead atoms. The molecule has 0 amide bonds. The van der Waals surface area contributed by atoms with Crippen molar-refractivity contribution in [2.45, 2.75) is 0 Å². The maximum Gasteiger partial charge on any atom is 3.00 e. The Morgan fingerprint density at radius 3 is 0.448 bits per heavy atom. The summed E-state index contributed by atoms with van der Waals surface area (Å²) in [6.45, 7) is 0. The predicted octanol–water partition coefficient (Wildman–Crippen LogP) is 12.3. The van der Waals surface area contributed by atoms with Crippen molar-refractivity contribution < 1.29 is 32.4 Å². The van der Waals surface area contributed by atoms with Gasteiger partial charge in [-0.3, -0.25) is 0 Å². The van der Waals surface area contributed by atoms with Crippen LogP contribution in [0.4, 0.5) is 0 Å². The summed E-state index contributed by atoms with van der Waals surface area (Å²) in [5.41, 5.74) is 10.3. The van der Waals surface area contributed by atoms with Gasteiger partial charge in [0.25, 0.3) is 0 Å². The molecule has 0 spiro atoms. The van der Waals surface area contributed by atoms with Gasteiger partial charge in [-0.25, -0.2) is 0 Å². The minimum Gasteiger partial charge on any atom is -0.872 e. The SMILES string of the molecule is [Fe+3].[O-]c1c(-c2ccccc2)cccc1-c1ccccc1.[O-]c1c(-c2ccccc2)cccc1-c1ccccc1.[O-]c1c(-c2ccccc2)cccc1-c1ccccc1. The van der Waals surface area contributed by atoms with Gasteiger partial charge < -0.3 is 15.3 Å². The minimum absolute atomic E-state index is 0. The topological polar surface area (TPSA) is 69.2 Å². The Morgan fingerprint density at radius 1 is 0.172 bits per heavy atom. The predicted molar refractivity (Wildman–Crippen MR) is 230 cm³/mol. The van der Waals surface area contributed by atoms with E-state index in [9.17, 15) is 15.3 Å². The van der Waals surface area contributed by atoms with Crippen molar-refractivity contribution in [2.24, 2.45) is 0 Å². The van der Waals surface area contributed by atoms with E-state index < -0.39 is 0 Å². The average molecular weight is 792 g/mol. The minimum atomic E-state index is 0. The van der Waals surface area contributed by atoms with E-state index in [2.05, 4.69) is 0 Å². The quantitative estimate of drug-likeness (QED) is 0.158. The van der Waals surface area contributed by atoms with Crippen LogP contribution in [0.2, 0.25) is 0 Å². The molecule has 0 aliphatic heterocycles.